The highest BCUT2D eigenvalue weighted by molar-refractivity contribution is 8.01. The highest BCUT2D eigenvalue weighted by Gasteiger charge is 2.07. The van der Waals surface area contributed by atoms with E-state index >= 15 is 0 Å². The molecule has 0 aromatic carbocycles. The molecule has 0 spiro atoms. The van der Waals surface area contributed by atoms with Gasteiger partial charge in [0.05, 0.1) is 12.6 Å². The smallest absolute Gasteiger partial charge is 0.407 e. The van der Waals surface area contributed by atoms with Crippen LogP contribution in [0.15, 0.2) is 23.6 Å². The molecule has 0 aliphatic carbocycles. The van der Waals surface area contributed by atoms with Gasteiger partial charge in [0.15, 0.2) is 0 Å². The molecule has 0 heterocycles. The number of thioether (sulfide) groups is 1. The number of ether oxygens (including phenoxy) is 1. The number of rotatable bonds is 10. The standard InChI is InChI=1S/C14H24N2O3S/c1-3-4-5-6-10-19-14(18)16-12(9-11-20-2)7-8-13(15)17/h7-9,11-12H,3-6,10H2,1-2H3,(H2,15,17)(H,16,18)/b8-7+,11-9+. The number of hydrogen-bond acceptors (Lipinski definition) is 4. The van der Waals surface area contributed by atoms with Crippen molar-refractivity contribution in [3.05, 3.63) is 23.6 Å². The van der Waals surface area contributed by atoms with E-state index in [0.29, 0.717) is 6.61 Å². The van der Waals surface area contributed by atoms with Gasteiger partial charge in [0, 0.05) is 6.08 Å². The van der Waals surface area contributed by atoms with Crippen LogP contribution in [0.4, 0.5) is 4.79 Å². The zero-order valence-corrected chi connectivity index (χ0v) is 12.9. The lowest BCUT2D eigenvalue weighted by atomic mass is 10.2. The molecule has 0 saturated heterocycles. The van der Waals surface area contributed by atoms with Gasteiger partial charge in [-0.05, 0) is 18.1 Å². The second kappa shape index (κ2) is 12.6. The maximum atomic E-state index is 11.6. The Morgan fingerprint density at radius 2 is 2.05 bits per heavy atom. The molecule has 1 unspecified atom stereocenters. The molecule has 0 aromatic heterocycles. The fourth-order valence-corrected chi connectivity index (χ4v) is 1.72. The Hall–Kier alpha value is -1.43. The van der Waals surface area contributed by atoms with Crippen LogP contribution in [0, 0.1) is 0 Å². The summed E-state index contributed by atoms with van der Waals surface area (Å²) in [5.74, 6) is -0.553. The number of carbonyl (C=O) groups excluding carboxylic acids is 2. The van der Waals surface area contributed by atoms with Crippen molar-refractivity contribution in [2.24, 2.45) is 5.73 Å². The van der Waals surface area contributed by atoms with Crippen molar-refractivity contribution in [2.75, 3.05) is 12.9 Å². The van der Waals surface area contributed by atoms with Crippen LogP contribution in [0.2, 0.25) is 0 Å². The number of amides is 2. The van der Waals surface area contributed by atoms with Crippen LogP contribution in [-0.2, 0) is 9.53 Å². The molecule has 6 heteroatoms. The third-order valence-corrected chi connectivity index (χ3v) is 2.83. The van der Waals surface area contributed by atoms with Crippen LogP contribution in [-0.4, -0.2) is 30.9 Å². The second-order valence-corrected chi connectivity index (χ2v) is 4.94. The highest BCUT2D eigenvalue weighted by Crippen LogP contribution is 2.01. The molecule has 3 N–H and O–H groups in total. The molecule has 20 heavy (non-hydrogen) atoms. The lowest BCUT2D eigenvalue weighted by Gasteiger charge is -2.11. The van der Waals surface area contributed by atoms with Crippen LogP contribution < -0.4 is 11.1 Å². The lowest BCUT2D eigenvalue weighted by molar-refractivity contribution is -0.113. The molecule has 2 amide bonds. The summed E-state index contributed by atoms with van der Waals surface area (Å²) in [5, 5.41) is 4.46. The molecular formula is C14H24N2O3S. The van der Waals surface area contributed by atoms with Crippen molar-refractivity contribution < 1.29 is 14.3 Å². The first-order valence-corrected chi connectivity index (χ1v) is 7.99. The van der Waals surface area contributed by atoms with E-state index < -0.39 is 18.0 Å². The van der Waals surface area contributed by atoms with E-state index in [4.69, 9.17) is 10.5 Å². The Morgan fingerprint density at radius 1 is 1.30 bits per heavy atom. The van der Waals surface area contributed by atoms with E-state index in [1.807, 2.05) is 11.7 Å². The maximum absolute atomic E-state index is 11.6. The normalized spacial score (nSPS) is 12.7. The minimum absolute atomic E-state index is 0.405. The molecule has 0 saturated carbocycles. The maximum Gasteiger partial charge on any atom is 0.407 e. The van der Waals surface area contributed by atoms with Crippen molar-refractivity contribution in [1.82, 2.24) is 5.32 Å². The van der Waals surface area contributed by atoms with Crippen LogP contribution in [0.3, 0.4) is 0 Å². The topological polar surface area (TPSA) is 81.4 Å². The quantitative estimate of drug-likeness (QED) is 0.480. The molecule has 5 nitrogen and oxygen atoms in total. The molecule has 0 rings (SSSR count). The lowest BCUT2D eigenvalue weighted by Crippen LogP contribution is -2.33. The Kier molecular flexibility index (Phi) is 11.7. The Bertz CT molecular complexity index is 343. The highest BCUT2D eigenvalue weighted by atomic mass is 32.2. The number of nitrogens with one attached hydrogen (secondary N) is 1. The predicted octanol–water partition coefficient (Wildman–Crippen LogP) is 2.58. The number of hydrogen-bond donors (Lipinski definition) is 2. The van der Waals surface area contributed by atoms with Gasteiger partial charge in [-0.25, -0.2) is 4.79 Å². The van der Waals surface area contributed by atoms with Gasteiger partial charge >= 0.3 is 6.09 Å². The molecule has 0 fully saturated rings. The number of carbonyl (C=O) groups is 2. The van der Waals surface area contributed by atoms with E-state index in [-0.39, 0.29) is 0 Å². The Labute approximate surface area is 125 Å². The van der Waals surface area contributed by atoms with Crippen molar-refractivity contribution in [2.45, 2.75) is 38.6 Å². The van der Waals surface area contributed by atoms with E-state index in [9.17, 15) is 9.59 Å². The summed E-state index contributed by atoms with van der Waals surface area (Å²) in [6, 6.07) is -0.405. The monoisotopic (exact) mass is 300 g/mol. The summed E-state index contributed by atoms with van der Waals surface area (Å²) < 4.78 is 5.07. The van der Waals surface area contributed by atoms with Gasteiger partial charge < -0.3 is 15.8 Å². The minimum atomic E-state index is -0.553. The third kappa shape index (κ3) is 11.6. The van der Waals surface area contributed by atoms with Gasteiger partial charge in [-0.1, -0.05) is 38.3 Å². The minimum Gasteiger partial charge on any atom is -0.450 e. The van der Waals surface area contributed by atoms with Crippen molar-refractivity contribution >= 4 is 23.8 Å². The first-order chi connectivity index (χ1) is 9.60. The van der Waals surface area contributed by atoms with Crippen LogP contribution in [0.25, 0.3) is 0 Å². The van der Waals surface area contributed by atoms with Gasteiger partial charge in [-0.15, -0.1) is 11.8 Å². The number of alkyl carbamates (subject to hydrolysis) is 1. The van der Waals surface area contributed by atoms with Gasteiger partial charge in [-0.3, -0.25) is 4.79 Å². The average Bonchev–Trinajstić information content (AvgIpc) is 2.41. The van der Waals surface area contributed by atoms with Gasteiger partial charge in [0.25, 0.3) is 0 Å². The molecule has 114 valence electrons. The van der Waals surface area contributed by atoms with Crippen molar-refractivity contribution in [3.8, 4) is 0 Å². The zero-order valence-electron chi connectivity index (χ0n) is 12.1. The molecule has 0 radical (unpaired) electrons. The summed E-state index contributed by atoms with van der Waals surface area (Å²) in [5.41, 5.74) is 5.03. The first-order valence-electron chi connectivity index (χ1n) is 6.70. The Balaban J connectivity index is 4.11. The van der Waals surface area contributed by atoms with Gasteiger partial charge in [0.1, 0.15) is 0 Å². The van der Waals surface area contributed by atoms with E-state index in [0.717, 1.165) is 25.7 Å². The zero-order chi connectivity index (χ0) is 15.2. The number of nitrogens with two attached hydrogens (primary N) is 1. The SMILES string of the molecule is CCCCCCOC(=O)NC(/C=C/SC)/C=C/C(N)=O. The van der Waals surface area contributed by atoms with Crippen LogP contribution in [0.1, 0.15) is 32.6 Å². The van der Waals surface area contributed by atoms with E-state index in [1.165, 1.54) is 23.9 Å². The molecule has 0 aromatic rings. The predicted molar refractivity (Wildman–Crippen MR) is 83.4 cm³/mol. The molecule has 0 bridgehead atoms. The van der Waals surface area contributed by atoms with Crippen LogP contribution >= 0.6 is 11.8 Å². The average molecular weight is 300 g/mol. The summed E-state index contributed by atoms with van der Waals surface area (Å²) in [4.78, 5) is 22.3. The number of primary amides is 1. The molecule has 0 aliphatic rings. The third-order valence-electron chi connectivity index (χ3n) is 2.41. The fourth-order valence-electron chi connectivity index (χ4n) is 1.39. The molecular weight excluding hydrogens is 276 g/mol. The summed E-state index contributed by atoms with van der Waals surface area (Å²) in [7, 11) is 0. The molecule has 0 aliphatic heterocycles. The van der Waals surface area contributed by atoms with Gasteiger partial charge in [0.2, 0.25) is 5.91 Å². The molecule has 1 atom stereocenters. The summed E-state index contributed by atoms with van der Waals surface area (Å²) in [6.45, 7) is 2.53. The summed E-state index contributed by atoms with van der Waals surface area (Å²) >= 11 is 1.50. The van der Waals surface area contributed by atoms with E-state index in [2.05, 4.69) is 12.2 Å². The van der Waals surface area contributed by atoms with Crippen molar-refractivity contribution in [3.63, 3.8) is 0 Å². The Morgan fingerprint density at radius 3 is 2.65 bits per heavy atom. The van der Waals surface area contributed by atoms with Crippen LogP contribution in [0.5, 0.6) is 0 Å². The summed E-state index contributed by atoms with van der Waals surface area (Å²) in [6.07, 6.45) is 10.1. The van der Waals surface area contributed by atoms with Gasteiger partial charge in [-0.2, -0.15) is 0 Å². The number of unbranched alkanes of at least 4 members (excludes halogenated alkanes) is 3. The van der Waals surface area contributed by atoms with E-state index in [1.54, 1.807) is 6.08 Å². The first kappa shape index (κ1) is 18.6. The largest absolute Gasteiger partial charge is 0.450 e. The fraction of sp³-hybridized carbons (Fsp3) is 0.571. The van der Waals surface area contributed by atoms with Crippen molar-refractivity contribution in [1.29, 1.82) is 0 Å². The second-order valence-electron chi connectivity index (χ2n) is 4.19.